The first-order valence-electron chi connectivity index (χ1n) is 5.67. The molecule has 0 spiro atoms. The highest BCUT2D eigenvalue weighted by atomic mass is 16.5. The highest BCUT2D eigenvalue weighted by Gasteiger charge is 2.32. The van der Waals surface area contributed by atoms with Gasteiger partial charge in [-0.15, -0.1) is 0 Å². The molecule has 1 atom stereocenters. The Morgan fingerprint density at radius 2 is 2.29 bits per heavy atom. The molecule has 0 amide bonds. The average Bonchev–Trinajstić information content (AvgIpc) is 2.53. The van der Waals surface area contributed by atoms with Crippen LogP contribution in [0.3, 0.4) is 0 Å². The summed E-state index contributed by atoms with van der Waals surface area (Å²) in [5, 5.41) is 8.83. The number of hydrogen-bond donors (Lipinski definition) is 2. The largest absolute Gasteiger partial charge is 0.487 e. The summed E-state index contributed by atoms with van der Waals surface area (Å²) in [7, 11) is 0. The Labute approximate surface area is 100 Å². The lowest BCUT2D eigenvalue weighted by Crippen LogP contribution is -2.32. The molecule has 1 heterocycles. The predicted octanol–water partition coefficient (Wildman–Crippen LogP) is 1.35. The first-order chi connectivity index (χ1) is 7.89. The smallest absolute Gasteiger partial charge is 0.320 e. The van der Waals surface area contributed by atoms with Crippen molar-refractivity contribution in [2.45, 2.75) is 38.3 Å². The van der Waals surface area contributed by atoms with Crippen molar-refractivity contribution < 1.29 is 14.6 Å². The molecule has 2 rings (SSSR count). The molecule has 4 nitrogen and oxygen atoms in total. The van der Waals surface area contributed by atoms with Crippen molar-refractivity contribution >= 4 is 5.97 Å². The SMILES string of the molecule is CC1(C)Cc2cccc(C[C@H](N)C(=O)O)c2O1. The normalized spacial score (nSPS) is 18.3. The van der Waals surface area contributed by atoms with E-state index < -0.39 is 12.0 Å². The van der Waals surface area contributed by atoms with Gasteiger partial charge in [-0.3, -0.25) is 4.79 Å². The summed E-state index contributed by atoms with van der Waals surface area (Å²) < 4.78 is 5.86. The molecular formula is C13H17NO3. The van der Waals surface area contributed by atoms with Gasteiger partial charge >= 0.3 is 5.97 Å². The summed E-state index contributed by atoms with van der Waals surface area (Å²) in [6.45, 7) is 4.04. The molecule has 0 bridgehead atoms. The quantitative estimate of drug-likeness (QED) is 0.829. The standard InChI is InChI=1S/C13H17NO3/c1-13(2)7-9-5-3-4-8(11(9)17-13)6-10(14)12(15)16/h3-5,10H,6-7,14H2,1-2H3,(H,15,16)/t10-/m0/s1. The maximum Gasteiger partial charge on any atom is 0.320 e. The topological polar surface area (TPSA) is 72.6 Å². The zero-order valence-electron chi connectivity index (χ0n) is 10.1. The van der Waals surface area contributed by atoms with Gasteiger partial charge in [-0.2, -0.15) is 0 Å². The van der Waals surface area contributed by atoms with Gasteiger partial charge in [0.2, 0.25) is 0 Å². The fraction of sp³-hybridized carbons (Fsp3) is 0.462. The van der Waals surface area contributed by atoms with Crippen molar-refractivity contribution in [3.63, 3.8) is 0 Å². The van der Waals surface area contributed by atoms with Gasteiger partial charge < -0.3 is 15.6 Å². The molecule has 0 unspecified atom stereocenters. The van der Waals surface area contributed by atoms with Crippen LogP contribution in [0.2, 0.25) is 0 Å². The van der Waals surface area contributed by atoms with E-state index in [0.29, 0.717) is 6.42 Å². The minimum absolute atomic E-state index is 0.217. The van der Waals surface area contributed by atoms with E-state index in [1.54, 1.807) is 0 Å². The highest BCUT2D eigenvalue weighted by Crippen LogP contribution is 2.37. The second-order valence-electron chi connectivity index (χ2n) is 5.09. The van der Waals surface area contributed by atoms with Gasteiger partial charge in [0.05, 0.1) is 0 Å². The fourth-order valence-corrected chi connectivity index (χ4v) is 2.16. The second kappa shape index (κ2) is 4.04. The fourth-order valence-electron chi connectivity index (χ4n) is 2.16. The molecule has 4 heteroatoms. The summed E-state index contributed by atoms with van der Waals surface area (Å²) in [4.78, 5) is 10.8. The number of hydrogen-bond acceptors (Lipinski definition) is 3. The summed E-state index contributed by atoms with van der Waals surface area (Å²) >= 11 is 0. The number of aliphatic carboxylic acids is 1. The van der Waals surface area contributed by atoms with E-state index >= 15 is 0 Å². The van der Waals surface area contributed by atoms with E-state index in [0.717, 1.165) is 23.3 Å². The third-order valence-electron chi connectivity index (χ3n) is 2.93. The zero-order chi connectivity index (χ0) is 12.6. The molecule has 0 radical (unpaired) electrons. The Hall–Kier alpha value is -1.55. The number of ether oxygens (including phenoxy) is 1. The molecule has 0 aromatic heterocycles. The van der Waals surface area contributed by atoms with Gasteiger partial charge in [-0.05, 0) is 25.0 Å². The van der Waals surface area contributed by atoms with Crippen molar-refractivity contribution in [1.29, 1.82) is 0 Å². The predicted molar refractivity (Wildman–Crippen MR) is 64.2 cm³/mol. The van der Waals surface area contributed by atoms with E-state index in [1.807, 2.05) is 32.0 Å². The third kappa shape index (κ3) is 2.42. The van der Waals surface area contributed by atoms with Gasteiger partial charge in [0.25, 0.3) is 0 Å². The molecule has 0 fully saturated rings. The van der Waals surface area contributed by atoms with Crippen molar-refractivity contribution in [1.82, 2.24) is 0 Å². The lowest BCUT2D eigenvalue weighted by Gasteiger charge is -2.18. The van der Waals surface area contributed by atoms with Crippen LogP contribution < -0.4 is 10.5 Å². The van der Waals surface area contributed by atoms with Gasteiger partial charge in [0, 0.05) is 12.8 Å². The molecule has 3 N–H and O–H groups in total. The maximum atomic E-state index is 10.8. The second-order valence-corrected chi connectivity index (χ2v) is 5.09. The Kier molecular flexibility index (Phi) is 2.83. The monoisotopic (exact) mass is 235 g/mol. The lowest BCUT2D eigenvalue weighted by molar-refractivity contribution is -0.138. The molecule has 17 heavy (non-hydrogen) atoms. The summed E-state index contributed by atoms with van der Waals surface area (Å²) in [6, 6.07) is 4.94. The summed E-state index contributed by atoms with van der Waals surface area (Å²) in [5.74, 6) is -0.172. The van der Waals surface area contributed by atoms with Crippen LogP contribution in [0.5, 0.6) is 5.75 Å². The van der Waals surface area contributed by atoms with E-state index in [4.69, 9.17) is 15.6 Å². The van der Waals surface area contributed by atoms with Crippen molar-refractivity contribution in [3.05, 3.63) is 29.3 Å². The number of carboxylic acid groups (broad SMARTS) is 1. The number of fused-ring (bicyclic) bond motifs is 1. The summed E-state index contributed by atoms with van der Waals surface area (Å²) in [6.07, 6.45) is 1.15. The van der Waals surface area contributed by atoms with E-state index in [1.165, 1.54) is 0 Å². The molecule has 1 aromatic carbocycles. The Bertz CT molecular complexity index is 454. The molecule has 0 aliphatic carbocycles. The molecule has 1 aliphatic rings. The molecule has 0 saturated heterocycles. The van der Waals surface area contributed by atoms with Crippen LogP contribution in [0, 0.1) is 0 Å². The Morgan fingerprint density at radius 3 is 2.94 bits per heavy atom. The number of carbonyl (C=O) groups is 1. The molecule has 92 valence electrons. The lowest BCUT2D eigenvalue weighted by atomic mass is 9.98. The number of carboxylic acids is 1. The van der Waals surface area contributed by atoms with Gasteiger partial charge in [-0.25, -0.2) is 0 Å². The first-order valence-corrected chi connectivity index (χ1v) is 5.67. The van der Waals surface area contributed by atoms with E-state index in [-0.39, 0.29) is 5.60 Å². The minimum atomic E-state index is -0.986. The van der Waals surface area contributed by atoms with Crippen LogP contribution in [0.4, 0.5) is 0 Å². The highest BCUT2D eigenvalue weighted by molar-refractivity contribution is 5.73. The van der Waals surface area contributed by atoms with E-state index in [9.17, 15) is 4.79 Å². The molecule has 1 aliphatic heterocycles. The third-order valence-corrected chi connectivity index (χ3v) is 2.93. The van der Waals surface area contributed by atoms with Crippen LogP contribution in [0.1, 0.15) is 25.0 Å². The number of nitrogens with two attached hydrogens (primary N) is 1. The Morgan fingerprint density at radius 1 is 1.59 bits per heavy atom. The minimum Gasteiger partial charge on any atom is -0.487 e. The van der Waals surface area contributed by atoms with Crippen LogP contribution in [-0.4, -0.2) is 22.7 Å². The van der Waals surface area contributed by atoms with Crippen LogP contribution >= 0.6 is 0 Å². The maximum absolute atomic E-state index is 10.8. The first kappa shape index (κ1) is 11.9. The van der Waals surface area contributed by atoms with Crippen molar-refractivity contribution in [2.24, 2.45) is 5.73 Å². The van der Waals surface area contributed by atoms with E-state index in [2.05, 4.69) is 0 Å². The number of benzene rings is 1. The van der Waals surface area contributed by atoms with Gasteiger partial charge in [0.1, 0.15) is 17.4 Å². The number of rotatable bonds is 3. The van der Waals surface area contributed by atoms with Crippen LogP contribution in [-0.2, 0) is 17.6 Å². The van der Waals surface area contributed by atoms with Gasteiger partial charge in [-0.1, -0.05) is 18.2 Å². The van der Waals surface area contributed by atoms with Crippen LogP contribution in [0.15, 0.2) is 18.2 Å². The summed E-state index contributed by atoms with van der Waals surface area (Å²) in [5.41, 5.74) is 7.35. The molecular weight excluding hydrogens is 218 g/mol. The molecule has 1 aromatic rings. The van der Waals surface area contributed by atoms with Crippen molar-refractivity contribution in [3.8, 4) is 5.75 Å². The van der Waals surface area contributed by atoms with Gasteiger partial charge in [0.15, 0.2) is 0 Å². The molecule has 0 saturated carbocycles. The number of para-hydroxylation sites is 1. The van der Waals surface area contributed by atoms with Crippen molar-refractivity contribution in [2.75, 3.05) is 0 Å². The van der Waals surface area contributed by atoms with Crippen LogP contribution in [0.25, 0.3) is 0 Å². The zero-order valence-corrected chi connectivity index (χ0v) is 10.1. The average molecular weight is 235 g/mol. The Balaban J connectivity index is 2.27.